The second kappa shape index (κ2) is 7.21. The van der Waals surface area contributed by atoms with Crippen molar-refractivity contribution in [3.8, 4) is 11.8 Å². The molecule has 0 saturated heterocycles. The average molecular weight is 250 g/mol. The number of nitrogens with zero attached hydrogens (tertiary/aromatic N) is 1. The number of rotatable bonds is 6. The molecular formula is C13H18N2OS. The number of hydrogen-bond acceptors (Lipinski definition) is 4. The summed E-state index contributed by atoms with van der Waals surface area (Å²) in [4.78, 5) is 0. The van der Waals surface area contributed by atoms with Gasteiger partial charge < -0.3 is 10.5 Å². The Morgan fingerprint density at radius 3 is 2.88 bits per heavy atom. The number of hydrogen-bond donors (Lipinski definition) is 1. The first-order valence-corrected chi connectivity index (χ1v) is 6.64. The molecule has 1 atom stereocenters. The molecule has 0 saturated carbocycles. The lowest BCUT2D eigenvalue weighted by molar-refractivity contribution is 0.413. The predicted octanol–water partition coefficient (Wildman–Crippen LogP) is 2.54. The fraction of sp³-hybridized carbons (Fsp3) is 0.462. The molecule has 0 aliphatic heterocycles. The zero-order valence-electron chi connectivity index (χ0n) is 10.3. The van der Waals surface area contributed by atoms with E-state index in [1.165, 1.54) is 5.56 Å². The molecule has 0 amide bonds. The highest BCUT2D eigenvalue weighted by atomic mass is 32.2. The Balaban J connectivity index is 2.64. The highest BCUT2D eigenvalue weighted by molar-refractivity contribution is 7.99. The minimum atomic E-state index is 0.557. The molecule has 1 rings (SSSR count). The maximum atomic E-state index is 8.88. The summed E-state index contributed by atoms with van der Waals surface area (Å²) in [5.41, 5.74) is 7.27. The van der Waals surface area contributed by atoms with Crippen LogP contribution in [0.25, 0.3) is 0 Å². The van der Waals surface area contributed by atoms with Crippen LogP contribution in [-0.2, 0) is 5.75 Å². The van der Waals surface area contributed by atoms with Crippen molar-refractivity contribution in [3.05, 3.63) is 29.3 Å². The third kappa shape index (κ3) is 4.29. The molecule has 2 N–H and O–H groups in total. The van der Waals surface area contributed by atoms with Crippen LogP contribution in [0.15, 0.2) is 18.2 Å². The largest absolute Gasteiger partial charge is 0.495 e. The SMILES string of the molecule is COc1cc(CSC(C)CCN)ccc1C#N. The van der Waals surface area contributed by atoms with E-state index in [0.717, 1.165) is 18.7 Å². The van der Waals surface area contributed by atoms with E-state index >= 15 is 0 Å². The van der Waals surface area contributed by atoms with E-state index in [4.69, 9.17) is 15.7 Å². The fourth-order valence-electron chi connectivity index (χ4n) is 1.47. The molecule has 0 radical (unpaired) electrons. The van der Waals surface area contributed by atoms with Gasteiger partial charge in [0.2, 0.25) is 0 Å². The van der Waals surface area contributed by atoms with E-state index in [1.807, 2.05) is 30.0 Å². The summed E-state index contributed by atoms with van der Waals surface area (Å²) >= 11 is 1.87. The van der Waals surface area contributed by atoms with Gasteiger partial charge in [0.05, 0.1) is 12.7 Å². The zero-order chi connectivity index (χ0) is 12.7. The number of nitrogens with two attached hydrogens (primary N) is 1. The minimum absolute atomic E-state index is 0.557. The third-order valence-corrected chi connectivity index (χ3v) is 3.80. The number of ether oxygens (including phenoxy) is 1. The summed E-state index contributed by atoms with van der Waals surface area (Å²) in [7, 11) is 1.59. The third-order valence-electron chi connectivity index (χ3n) is 2.49. The van der Waals surface area contributed by atoms with Gasteiger partial charge in [-0.25, -0.2) is 0 Å². The normalized spacial score (nSPS) is 11.9. The van der Waals surface area contributed by atoms with Crippen LogP contribution < -0.4 is 10.5 Å². The summed E-state index contributed by atoms with van der Waals surface area (Å²) in [6.45, 7) is 2.91. The molecule has 0 spiro atoms. The first-order valence-electron chi connectivity index (χ1n) is 5.60. The lowest BCUT2D eigenvalue weighted by Crippen LogP contribution is -2.07. The van der Waals surface area contributed by atoms with Gasteiger partial charge in [-0.2, -0.15) is 17.0 Å². The van der Waals surface area contributed by atoms with Gasteiger partial charge in [-0.05, 0) is 30.7 Å². The molecule has 17 heavy (non-hydrogen) atoms. The van der Waals surface area contributed by atoms with E-state index in [-0.39, 0.29) is 0 Å². The molecule has 0 bridgehead atoms. The van der Waals surface area contributed by atoms with Gasteiger partial charge in [0, 0.05) is 11.0 Å². The molecule has 0 aliphatic rings. The van der Waals surface area contributed by atoms with Crippen LogP contribution in [0.2, 0.25) is 0 Å². The van der Waals surface area contributed by atoms with Crippen molar-refractivity contribution in [2.75, 3.05) is 13.7 Å². The number of methoxy groups -OCH3 is 1. The maximum absolute atomic E-state index is 8.88. The van der Waals surface area contributed by atoms with Crippen LogP contribution in [0.1, 0.15) is 24.5 Å². The van der Waals surface area contributed by atoms with Crippen molar-refractivity contribution < 1.29 is 4.74 Å². The Kier molecular flexibility index (Phi) is 5.88. The van der Waals surface area contributed by atoms with Gasteiger partial charge in [0.15, 0.2) is 0 Å². The summed E-state index contributed by atoms with van der Waals surface area (Å²) in [5, 5.41) is 9.44. The topological polar surface area (TPSA) is 59.0 Å². The van der Waals surface area contributed by atoms with E-state index < -0.39 is 0 Å². The molecule has 0 fully saturated rings. The van der Waals surface area contributed by atoms with Crippen LogP contribution in [0.4, 0.5) is 0 Å². The highest BCUT2D eigenvalue weighted by Gasteiger charge is 2.06. The van der Waals surface area contributed by atoms with Crippen LogP contribution in [0.3, 0.4) is 0 Å². The summed E-state index contributed by atoms with van der Waals surface area (Å²) < 4.78 is 5.18. The lowest BCUT2D eigenvalue weighted by atomic mass is 10.1. The Hall–Kier alpha value is -1.18. The molecule has 92 valence electrons. The highest BCUT2D eigenvalue weighted by Crippen LogP contribution is 2.24. The van der Waals surface area contributed by atoms with Crippen molar-refractivity contribution in [1.82, 2.24) is 0 Å². The number of benzene rings is 1. The zero-order valence-corrected chi connectivity index (χ0v) is 11.1. The van der Waals surface area contributed by atoms with E-state index in [1.54, 1.807) is 7.11 Å². The van der Waals surface area contributed by atoms with Gasteiger partial charge >= 0.3 is 0 Å². The monoisotopic (exact) mass is 250 g/mol. The van der Waals surface area contributed by atoms with Crippen molar-refractivity contribution in [2.45, 2.75) is 24.3 Å². The molecule has 0 aliphatic carbocycles. The van der Waals surface area contributed by atoms with Gasteiger partial charge in [-0.1, -0.05) is 13.0 Å². The minimum Gasteiger partial charge on any atom is -0.495 e. The van der Waals surface area contributed by atoms with Crippen molar-refractivity contribution >= 4 is 11.8 Å². The number of nitriles is 1. The molecule has 4 heteroatoms. The number of thioether (sulfide) groups is 1. The lowest BCUT2D eigenvalue weighted by Gasteiger charge is -2.10. The van der Waals surface area contributed by atoms with E-state index in [9.17, 15) is 0 Å². The van der Waals surface area contributed by atoms with Crippen LogP contribution in [0, 0.1) is 11.3 Å². The Morgan fingerprint density at radius 1 is 1.53 bits per heavy atom. The summed E-state index contributed by atoms with van der Waals surface area (Å²) in [6.07, 6.45) is 1.03. The van der Waals surface area contributed by atoms with E-state index in [2.05, 4.69) is 13.0 Å². The van der Waals surface area contributed by atoms with Crippen LogP contribution in [-0.4, -0.2) is 18.9 Å². The van der Waals surface area contributed by atoms with Crippen molar-refractivity contribution in [1.29, 1.82) is 5.26 Å². The van der Waals surface area contributed by atoms with Gasteiger partial charge in [0.1, 0.15) is 11.8 Å². The molecule has 3 nitrogen and oxygen atoms in total. The summed E-state index contributed by atoms with van der Waals surface area (Å²) in [6, 6.07) is 7.83. The molecule has 1 unspecified atom stereocenters. The van der Waals surface area contributed by atoms with Crippen molar-refractivity contribution in [3.63, 3.8) is 0 Å². The van der Waals surface area contributed by atoms with Gasteiger partial charge in [0.25, 0.3) is 0 Å². The molecular weight excluding hydrogens is 232 g/mol. The molecule has 1 aromatic carbocycles. The first-order chi connectivity index (χ1) is 8.21. The fourth-order valence-corrected chi connectivity index (χ4v) is 2.43. The van der Waals surface area contributed by atoms with Crippen LogP contribution >= 0.6 is 11.8 Å². The maximum Gasteiger partial charge on any atom is 0.136 e. The Bertz CT molecular complexity index is 401. The van der Waals surface area contributed by atoms with Gasteiger partial charge in [-0.3, -0.25) is 0 Å². The first kappa shape index (κ1) is 13.9. The smallest absolute Gasteiger partial charge is 0.136 e. The quantitative estimate of drug-likeness (QED) is 0.843. The van der Waals surface area contributed by atoms with E-state index in [0.29, 0.717) is 16.6 Å². The predicted molar refractivity (Wildman–Crippen MR) is 72.1 cm³/mol. The average Bonchev–Trinajstić information content (AvgIpc) is 2.36. The van der Waals surface area contributed by atoms with Crippen molar-refractivity contribution in [2.24, 2.45) is 5.73 Å². The Morgan fingerprint density at radius 2 is 2.29 bits per heavy atom. The molecule has 1 aromatic rings. The molecule has 0 aromatic heterocycles. The standard InChI is InChI=1S/C13H18N2OS/c1-10(5-6-14)17-9-11-3-4-12(8-15)13(7-11)16-2/h3-4,7,10H,5-6,9,14H2,1-2H3. The summed E-state index contributed by atoms with van der Waals surface area (Å²) in [5.74, 6) is 1.57. The second-order valence-corrected chi connectivity index (χ2v) is 5.27. The Labute approximate surface area is 107 Å². The second-order valence-electron chi connectivity index (χ2n) is 3.85. The van der Waals surface area contributed by atoms with Gasteiger partial charge in [-0.15, -0.1) is 0 Å². The van der Waals surface area contributed by atoms with Crippen LogP contribution in [0.5, 0.6) is 5.75 Å². The molecule has 0 heterocycles.